The number of nitrogens with zero attached hydrogens (tertiary/aromatic N) is 1. The summed E-state index contributed by atoms with van der Waals surface area (Å²) >= 11 is 5.77. The molecule has 0 aliphatic heterocycles. The average molecular weight is 318 g/mol. The van der Waals surface area contributed by atoms with Crippen LogP contribution < -0.4 is 0 Å². The fourth-order valence-electron chi connectivity index (χ4n) is 1.67. The highest BCUT2D eigenvalue weighted by Gasteiger charge is 2.19. The lowest BCUT2D eigenvalue weighted by Gasteiger charge is -2.08. The highest BCUT2D eigenvalue weighted by atomic mass is 35.5. The number of aromatic nitrogens is 1. The summed E-state index contributed by atoms with van der Waals surface area (Å²) in [6.45, 7) is 1.47. The van der Waals surface area contributed by atoms with E-state index in [9.17, 15) is 17.2 Å². The molecule has 0 spiro atoms. The Kier molecular flexibility index (Phi) is 4.06. The van der Waals surface area contributed by atoms with Gasteiger partial charge in [0.1, 0.15) is 21.7 Å². The molecule has 20 heavy (non-hydrogen) atoms. The first-order valence-electron chi connectivity index (χ1n) is 5.69. The molecule has 2 rings (SSSR count). The first-order chi connectivity index (χ1) is 9.35. The van der Waals surface area contributed by atoms with Crippen molar-refractivity contribution in [3.05, 3.63) is 47.2 Å². The van der Waals surface area contributed by atoms with E-state index in [0.29, 0.717) is 0 Å². The number of pyridine rings is 1. The fourth-order valence-corrected chi connectivity index (χ4v) is 3.06. The van der Waals surface area contributed by atoms with Crippen molar-refractivity contribution >= 4 is 21.4 Å². The molecule has 2 aromatic rings. The van der Waals surface area contributed by atoms with Crippen molar-refractivity contribution < 1.29 is 17.2 Å². The summed E-state index contributed by atoms with van der Waals surface area (Å²) in [6.07, 6.45) is 1.24. The van der Waals surface area contributed by atoms with Crippen LogP contribution in [0, 0.1) is 11.6 Å². The Labute approximate surface area is 120 Å². The molecule has 0 radical (unpaired) electrons. The van der Waals surface area contributed by atoms with Crippen molar-refractivity contribution in [2.45, 2.75) is 11.8 Å². The van der Waals surface area contributed by atoms with Crippen molar-refractivity contribution in [1.29, 1.82) is 0 Å². The zero-order valence-electron chi connectivity index (χ0n) is 10.4. The molecule has 0 N–H and O–H groups in total. The van der Waals surface area contributed by atoms with Gasteiger partial charge < -0.3 is 0 Å². The summed E-state index contributed by atoms with van der Waals surface area (Å²) < 4.78 is 50.3. The lowest BCUT2D eigenvalue weighted by Crippen LogP contribution is -2.05. The van der Waals surface area contributed by atoms with E-state index in [1.165, 1.54) is 25.3 Å². The Morgan fingerprint density at radius 1 is 1.25 bits per heavy atom. The predicted molar refractivity (Wildman–Crippen MR) is 72.3 cm³/mol. The van der Waals surface area contributed by atoms with E-state index in [0.717, 1.165) is 12.1 Å². The minimum absolute atomic E-state index is 0.0584. The Hall–Kier alpha value is -1.53. The van der Waals surface area contributed by atoms with Gasteiger partial charge in [0.25, 0.3) is 0 Å². The Balaban J connectivity index is 2.63. The minimum atomic E-state index is -3.57. The third-order valence-electron chi connectivity index (χ3n) is 2.76. The lowest BCUT2D eigenvalue weighted by atomic mass is 10.1. The summed E-state index contributed by atoms with van der Waals surface area (Å²) in [5.74, 6) is -1.66. The molecule has 0 atom stereocenters. The number of halogens is 3. The van der Waals surface area contributed by atoms with Gasteiger partial charge in [0.15, 0.2) is 9.84 Å². The van der Waals surface area contributed by atoms with Crippen LogP contribution in [0.2, 0.25) is 5.15 Å². The Morgan fingerprint density at radius 3 is 2.55 bits per heavy atom. The van der Waals surface area contributed by atoms with Gasteiger partial charge in [0, 0.05) is 23.4 Å². The van der Waals surface area contributed by atoms with Gasteiger partial charge in [-0.2, -0.15) is 0 Å². The quantitative estimate of drug-likeness (QED) is 0.814. The van der Waals surface area contributed by atoms with Gasteiger partial charge in [-0.05, 0) is 18.2 Å². The third-order valence-corrected chi connectivity index (χ3v) is 4.92. The van der Waals surface area contributed by atoms with Crippen LogP contribution in [0.25, 0.3) is 11.1 Å². The van der Waals surface area contributed by atoms with Crippen molar-refractivity contribution in [2.24, 2.45) is 0 Å². The highest BCUT2D eigenvalue weighted by molar-refractivity contribution is 7.91. The maximum Gasteiger partial charge on any atom is 0.181 e. The SMILES string of the molecule is CCS(=O)(=O)c1cc(-c2ccc(F)cc2F)cnc1Cl. The van der Waals surface area contributed by atoms with E-state index in [1.54, 1.807) is 0 Å². The van der Waals surface area contributed by atoms with E-state index in [4.69, 9.17) is 11.6 Å². The van der Waals surface area contributed by atoms with Gasteiger partial charge in [0.2, 0.25) is 0 Å². The maximum absolute atomic E-state index is 13.7. The van der Waals surface area contributed by atoms with Crippen LogP contribution >= 0.6 is 11.6 Å². The predicted octanol–water partition coefficient (Wildman–Crippen LogP) is 3.47. The third kappa shape index (κ3) is 2.81. The molecule has 0 aliphatic rings. The van der Waals surface area contributed by atoms with Crippen molar-refractivity contribution in [1.82, 2.24) is 4.98 Å². The van der Waals surface area contributed by atoms with Crippen molar-refractivity contribution in [3.8, 4) is 11.1 Å². The zero-order chi connectivity index (χ0) is 14.9. The molecular weight excluding hydrogens is 308 g/mol. The molecule has 1 aromatic carbocycles. The van der Waals surface area contributed by atoms with Crippen LogP contribution in [0.5, 0.6) is 0 Å². The molecular formula is C13H10ClF2NO2S. The number of sulfone groups is 1. The zero-order valence-corrected chi connectivity index (χ0v) is 12.0. The highest BCUT2D eigenvalue weighted by Crippen LogP contribution is 2.28. The maximum atomic E-state index is 13.7. The molecule has 0 amide bonds. The number of benzene rings is 1. The van der Waals surface area contributed by atoms with Gasteiger partial charge in [-0.1, -0.05) is 18.5 Å². The summed E-state index contributed by atoms with van der Waals surface area (Å²) in [4.78, 5) is 3.60. The van der Waals surface area contributed by atoms with E-state index in [2.05, 4.69) is 4.98 Å². The molecule has 0 saturated heterocycles. The number of hydrogen-bond acceptors (Lipinski definition) is 3. The molecule has 7 heteroatoms. The standard InChI is InChI=1S/C13H10ClF2NO2S/c1-2-20(18,19)12-5-8(7-17-13(12)14)10-4-3-9(15)6-11(10)16/h3-7H,2H2,1H3. The minimum Gasteiger partial charge on any atom is -0.243 e. The van der Waals surface area contributed by atoms with Crippen LogP contribution in [0.3, 0.4) is 0 Å². The van der Waals surface area contributed by atoms with E-state index < -0.39 is 21.5 Å². The summed E-state index contributed by atoms with van der Waals surface area (Å²) in [5.41, 5.74) is 0.280. The largest absolute Gasteiger partial charge is 0.243 e. The molecule has 1 heterocycles. The molecule has 0 aliphatic carbocycles. The summed E-state index contributed by atoms with van der Waals surface area (Å²) in [7, 11) is -3.57. The van der Waals surface area contributed by atoms with Gasteiger partial charge in [-0.25, -0.2) is 22.2 Å². The molecule has 1 aromatic heterocycles. The van der Waals surface area contributed by atoms with Crippen LogP contribution in [-0.4, -0.2) is 19.2 Å². The summed E-state index contributed by atoms with van der Waals surface area (Å²) in [5, 5.41) is -0.168. The van der Waals surface area contributed by atoms with E-state index >= 15 is 0 Å². The monoisotopic (exact) mass is 317 g/mol. The van der Waals surface area contributed by atoms with E-state index in [1.807, 2.05) is 0 Å². The normalized spacial score (nSPS) is 11.6. The molecule has 0 saturated carbocycles. The average Bonchev–Trinajstić information content (AvgIpc) is 2.39. The number of rotatable bonds is 3. The molecule has 0 unspecified atom stereocenters. The second kappa shape index (κ2) is 5.46. The van der Waals surface area contributed by atoms with Gasteiger partial charge in [-0.15, -0.1) is 0 Å². The van der Waals surface area contributed by atoms with E-state index in [-0.39, 0.29) is 26.9 Å². The van der Waals surface area contributed by atoms with Gasteiger partial charge >= 0.3 is 0 Å². The second-order valence-corrected chi connectivity index (χ2v) is 6.65. The van der Waals surface area contributed by atoms with Crippen molar-refractivity contribution in [3.63, 3.8) is 0 Å². The lowest BCUT2D eigenvalue weighted by molar-refractivity contribution is 0.585. The molecule has 3 nitrogen and oxygen atoms in total. The number of hydrogen-bond donors (Lipinski definition) is 0. The smallest absolute Gasteiger partial charge is 0.181 e. The molecule has 0 bridgehead atoms. The van der Waals surface area contributed by atoms with Gasteiger partial charge in [0.05, 0.1) is 5.75 Å². The first kappa shape index (κ1) is 14.9. The summed E-state index contributed by atoms with van der Waals surface area (Å²) in [6, 6.07) is 4.27. The fraction of sp³-hybridized carbons (Fsp3) is 0.154. The van der Waals surface area contributed by atoms with Crippen LogP contribution in [-0.2, 0) is 9.84 Å². The molecule has 106 valence electrons. The molecule has 0 fully saturated rings. The van der Waals surface area contributed by atoms with Crippen LogP contribution in [0.4, 0.5) is 8.78 Å². The topological polar surface area (TPSA) is 47.0 Å². The Bertz CT molecular complexity index is 763. The van der Waals surface area contributed by atoms with Crippen LogP contribution in [0.1, 0.15) is 6.92 Å². The Morgan fingerprint density at radius 2 is 1.95 bits per heavy atom. The first-order valence-corrected chi connectivity index (χ1v) is 7.72. The second-order valence-electron chi connectivity index (χ2n) is 4.04. The van der Waals surface area contributed by atoms with Crippen molar-refractivity contribution in [2.75, 3.05) is 5.75 Å². The van der Waals surface area contributed by atoms with Crippen LogP contribution in [0.15, 0.2) is 35.4 Å². The van der Waals surface area contributed by atoms with Gasteiger partial charge in [-0.3, -0.25) is 0 Å².